The first-order chi connectivity index (χ1) is 18.4. The van der Waals surface area contributed by atoms with Gasteiger partial charge >= 0.3 is 5.97 Å². The number of aromatic nitrogens is 1. The van der Waals surface area contributed by atoms with Gasteiger partial charge in [0.15, 0.2) is 0 Å². The number of aryl methyl sites for hydroxylation is 1. The smallest absolute Gasteiger partial charge is 0.309 e. The van der Waals surface area contributed by atoms with Crippen LogP contribution in [0.5, 0.6) is 0 Å². The van der Waals surface area contributed by atoms with Crippen molar-refractivity contribution in [3.05, 3.63) is 76.2 Å². The average molecular weight is 546 g/mol. The molecule has 0 bridgehead atoms. The van der Waals surface area contributed by atoms with E-state index < -0.39 is 0 Å². The van der Waals surface area contributed by atoms with Gasteiger partial charge in [-0.1, -0.05) is 72.5 Å². The Balaban J connectivity index is 1.42. The maximum atomic E-state index is 13.4. The average Bonchev–Trinajstić information content (AvgIpc) is 3.19. The van der Waals surface area contributed by atoms with E-state index in [1.54, 1.807) is 4.90 Å². The Bertz CT molecular complexity index is 1400. The van der Waals surface area contributed by atoms with E-state index in [-0.39, 0.29) is 17.8 Å². The number of hydrogen-bond donors (Lipinski definition) is 0. The molecule has 196 valence electrons. The number of thiocarbonyl (C=S) groups is 1. The third-order valence-corrected chi connectivity index (χ3v) is 8.48. The molecule has 0 atom stereocenters. The summed E-state index contributed by atoms with van der Waals surface area (Å²) in [6, 6.07) is 18.4. The minimum absolute atomic E-state index is 0.0627. The highest BCUT2D eigenvalue weighted by molar-refractivity contribution is 8.26. The van der Waals surface area contributed by atoms with Crippen molar-refractivity contribution in [1.82, 2.24) is 9.88 Å². The Morgan fingerprint density at radius 3 is 2.66 bits per heavy atom. The molecule has 5 rings (SSSR count). The van der Waals surface area contributed by atoms with Crippen LogP contribution in [0.2, 0.25) is 0 Å². The Labute approximate surface area is 233 Å². The molecular formula is C30H31N3O3S2. The summed E-state index contributed by atoms with van der Waals surface area (Å²) in [5, 5.41) is 1.03. The zero-order chi connectivity index (χ0) is 26.6. The molecule has 3 aromatic rings. The molecule has 2 aliphatic rings. The van der Waals surface area contributed by atoms with E-state index in [1.807, 2.05) is 37.3 Å². The number of piperidine rings is 1. The van der Waals surface area contributed by atoms with Gasteiger partial charge in [-0.15, -0.1) is 0 Å². The second kappa shape index (κ2) is 11.7. The molecule has 2 aliphatic heterocycles. The minimum atomic E-state index is -0.117. The maximum Gasteiger partial charge on any atom is 0.309 e. The third kappa shape index (κ3) is 5.61. The number of hydrogen-bond acceptors (Lipinski definition) is 7. The number of fused-ring (bicyclic) bond motifs is 1. The van der Waals surface area contributed by atoms with Crippen molar-refractivity contribution < 1.29 is 14.3 Å². The molecule has 1 aromatic heterocycles. The Hall–Kier alpha value is -3.23. The van der Waals surface area contributed by atoms with Crippen LogP contribution in [0, 0.1) is 12.8 Å². The first-order valence-electron chi connectivity index (χ1n) is 13.1. The second-order valence-corrected chi connectivity index (χ2v) is 11.3. The van der Waals surface area contributed by atoms with Crippen LogP contribution in [0.15, 0.2) is 59.5 Å². The Kier molecular flexibility index (Phi) is 8.09. The topological polar surface area (TPSA) is 62.7 Å². The summed E-state index contributed by atoms with van der Waals surface area (Å²) in [6.45, 7) is 6.25. The summed E-state index contributed by atoms with van der Waals surface area (Å²) in [4.78, 5) is 35.3. The van der Waals surface area contributed by atoms with E-state index in [4.69, 9.17) is 21.9 Å². The number of carbonyl (C=O) groups excluding carboxylic acids is 2. The molecule has 2 fully saturated rings. The maximum absolute atomic E-state index is 13.4. The summed E-state index contributed by atoms with van der Waals surface area (Å²) >= 11 is 6.94. The van der Waals surface area contributed by atoms with Gasteiger partial charge < -0.3 is 9.64 Å². The van der Waals surface area contributed by atoms with Crippen molar-refractivity contribution >= 4 is 63.0 Å². The van der Waals surface area contributed by atoms with Crippen LogP contribution >= 0.6 is 24.0 Å². The van der Waals surface area contributed by atoms with Crippen LogP contribution in [0.1, 0.15) is 36.5 Å². The highest BCUT2D eigenvalue weighted by Gasteiger charge is 2.33. The van der Waals surface area contributed by atoms with Crippen molar-refractivity contribution in [3.63, 3.8) is 0 Å². The van der Waals surface area contributed by atoms with Crippen molar-refractivity contribution in [1.29, 1.82) is 0 Å². The van der Waals surface area contributed by atoms with E-state index >= 15 is 0 Å². The molecule has 0 unspecified atom stereocenters. The zero-order valence-corrected chi connectivity index (χ0v) is 23.3. The van der Waals surface area contributed by atoms with E-state index in [9.17, 15) is 9.59 Å². The number of rotatable bonds is 7. The van der Waals surface area contributed by atoms with Crippen LogP contribution in [-0.4, -0.2) is 52.3 Å². The largest absolute Gasteiger partial charge is 0.466 e. The normalized spacial score (nSPS) is 17.6. The Morgan fingerprint density at radius 2 is 1.92 bits per heavy atom. The van der Waals surface area contributed by atoms with Gasteiger partial charge in [-0.05, 0) is 56.4 Å². The molecule has 0 N–H and O–H groups in total. The quantitative estimate of drug-likeness (QED) is 0.212. The fraction of sp³-hybridized carbons (Fsp3) is 0.333. The van der Waals surface area contributed by atoms with Crippen molar-refractivity contribution in [3.8, 4) is 0 Å². The van der Waals surface area contributed by atoms with Gasteiger partial charge in [0, 0.05) is 30.6 Å². The molecule has 2 saturated heterocycles. The van der Waals surface area contributed by atoms with E-state index in [0.717, 1.165) is 34.3 Å². The molecule has 2 aromatic carbocycles. The number of benzene rings is 2. The SMILES string of the molecule is CCOC(=O)C1CCN(c2nc3c(C)cccc3cc2/C=C2\SC(=S)N(CCc3ccccc3)C2=O)CC1. The molecule has 0 aliphatic carbocycles. The van der Waals surface area contributed by atoms with E-state index in [0.29, 0.717) is 48.3 Å². The predicted octanol–water partition coefficient (Wildman–Crippen LogP) is 5.77. The number of para-hydroxylation sites is 1. The lowest BCUT2D eigenvalue weighted by molar-refractivity contribution is -0.148. The number of ether oxygens (including phenoxy) is 1. The summed E-state index contributed by atoms with van der Waals surface area (Å²) in [5.74, 6) is 0.572. The molecule has 3 heterocycles. The van der Waals surface area contributed by atoms with Gasteiger partial charge in [0.1, 0.15) is 10.1 Å². The number of nitrogens with zero attached hydrogens (tertiary/aromatic N) is 3. The Morgan fingerprint density at radius 1 is 1.16 bits per heavy atom. The lowest BCUT2D eigenvalue weighted by Crippen LogP contribution is -2.37. The fourth-order valence-corrected chi connectivity index (χ4v) is 6.32. The fourth-order valence-electron chi connectivity index (χ4n) is 5.02. The molecule has 0 saturated carbocycles. The predicted molar refractivity (Wildman–Crippen MR) is 158 cm³/mol. The van der Waals surface area contributed by atoms with Crippen molar-refractivity contribution in [2.75, 3.05) is 31.1 Å². The van der Waals surface area contributed by atoms with Gasteiger partial charge in [-0.3, -0.25) is 14.5 Å². The standard InChI is InChI=1S/C30H31N3O3S2/c1-3-36-29(35)22-13-15-32(16-14-22)27-24(18-23-11-7-8-20(2)26(23)31-27)19-25-28(34)33(30(37)38-25)17-12-21-9-5-4-6-10-21/h4-11,18-19,22H,3,12-17H2,1-2H3/b25-19-. The highest BCUT2D eigenvalue weighted by Crippen LogP contribution is 2.36. The summed E-state index contributed by atoms with van der Waals surface area (Å²) in [6.07, 6.45) is 4.11. The molecular weight excluding hydrogens is 514 g/mol. The van der Waals surface area contributed by atoms with E-state index in [2.05, 4.69) is 42.2 Å². The van der Waals surface area contributed by atoms with Crippen LogP contribution in [0.3, 0.4) is 0 Å². The van der Waals surface area contributed by atoms with Crippen LogP contribution in [-0.2, 0) is 20.7 Å². The zero-order valence-electron chi connectivity index (χ0n) is 21.7. The molecule has 0 radical (unpaired) electrons. The highest BCUT2D eigenvalue weighted by atomic mass is 32.2. The lowest BCUT2D eigenvalue weighted by atomic mass is 9.96. The third-order valence-electron chi connectivity index (χ3n) is 7.10. The van der Waals surface area contributed by atoms with Crippen LogP contribution in [0.4, 0.5) is 5.82 Å². The number of thioether (sulfide) groups is 1. The van der Waals surface area contributed by atoms with Gasteiger partial charge in [-0.2, -0.15) is 0 Å². The number of anilines is 1. The number of pyridine rings is 1. The van der Waals surface area contributed by atoms with Crippen LogP contribution < -0.4 is 4.90 Å². The first-order valence-corrected chi connectivity index (χ1v) is 14.3. The number of amides is 1. The van der Waals surface area contributed by atoms with Gasteiger partial charge in [0.25, 0.3) is 5.91 Å². The first kappa shape index (κ1) is 26.4. The van der Waals surface area contributed by atoms with Crippen molar-refractivity contribution in [2.24, 2.45) is 5.92 Å². The second-order valence-electron chi connectivity index (χ2n) is 9.63. The summed E-state index contributed by atoms with van der Waals surface area (Å²) < 4.78 is 5.83. The van der Waals surface area contributed by atoms with Gasteiger partial charge in [0.05, 0.1) is 22.9 Å². The summed E-state index contributed by atoms with van der Waals surface area (Å²) in [7, 11) is 0. The van der Waals surface area contributed by atoms with Gasteiger partial charge in [-0.25, -0.2) is 4.98 Å². The lowest BCUT2D eigenvalue weighted by Gasteiger charge is -2.33. The van der Waals surface area contributed by atoms with Gasteiger partial charge in [0.2, 0.25) is 0 Å². The van der Waals surface area contributed by atoms with Crippen LogP contribution in [0.25, 0.3) is 17.0 Å². The van der Waals surface area contributed by atoms with E-state index in [1.165, 1.54) is 17.3 Å². The minimum Gasteiger partial charge on any atom is -0.466 e. The molecule has 1 amide bonds. The number of esters is 1. The molecule has 0 spiro atoms. The van der Waals surface area contributed by atoms with Crippen molar-refractivity contribution in [2.45, 2.75) is 33.1 Å². The monoisotopic (exact) mass is 545 g/mol. The summed E-state index contributed by atoms with van der Waals surface area (Å²) in [5.41, 5.74) is 4.11. The molecule has 8 heteroatoms. The molecule has 6 nitrogen and oxygen atoms in total. The number of carbonyl (C=O) groups is 2. The molecule has 38 heavy (non-hydrogen) atoms.